The van der Waals surface area contributed by atoms with Crippen molar-refractivity contribution in [2.45, 2.75) is 11.8 Å². The summed E-state index contributed by atoms with van der Waals surface area (Å²) in [7, 11) is -3.93. The van der Waals surface area contributed by atoms with E-state index in [4.69, 9.17) is 5.26 Å². The third kappa shape index (κ3) is 2.70. The number of nitrogens with zero attached hydrogens (tertiary/aromatic N) is 2. The van der Waals surface area contributed by atoms with Crippen molar-refractivity contribution in [3.63, 3.8) is 0 Å². The molecule has 1 aromatic heterocycles. The summed E-state index contributed by atoms with van der Waals surface area (Å²) < 4.78 is 26.7. The Bertz CT molecular complexity index is 795. The van der Waals surface area contributed by atoms with Crippen molar-refractivity contribution in [1.29, 1.82) is 5.26 Å². The van der Waals surface area contributed by atoms with Crippen LogP contribution in [0.25, 0.3) is 0 Å². The van der Waals surface area contributed by atoms with Gasteiger partial charge >= 0.3 is 0 Å². The molecule has 0 atom stereocenters. The summed E-state index contributed by atoms with van der Waals surface area (Å²) in [6.07, 6.45) is 1.34. The molecule has 1 heterocycles. The second kappa shape index (κ2) is 5.19. The minimum absolute atomic E-state index is 0.0168. The second-order valence-corrected chi connectivity index (χ2v) is 5.72. The number of benzene rings is 1. The Morgan fingerprint density at radius 2 is 2.10 bits per heavy atom. The molecule has 0 aliphatic rings. The van der Waals surface area contributed by atoms with Crippen LogP contribution in [0.5, 0.6) is 5.75 Å². The predicted octanol–water partition coefficient (Wildman–Crippen LogP) is 1.77. The lowest BCUT2D eigenvalue weighted by molar-refractivity contribution is 0.471. The van der Waals surface area contributed by atoms with E-state index in [1.165, 1.54) is 30.5 Å². The molecule has 0 fully saturated rings. The van der Waals surface area contributed by atoms with E-state index in [-0.39, 0.29) is 22.0 Å². The van der Waals surface area contributed by atoms with Crippen LogP contribution in [0.2, 0.25) is 0 Å². The van der Waals surface area contributed by atoms with Crippen molar-refractivity contribution in [3.05, 3.63) is 47.8 Å². The number of phenolic OH excluding ortho intramolecular Hbond substituents is 1. The van der Waals surface area contributed by atoms with Crippen molar-refractivity contribution < 1.29 is 13.5 Å². The number of phenols is 1. The molecule has 0 saturated heterocycles. The number of hydrogen-bond donors (Lipinski definition) is 2. The van der Waals surface area contributed by atoms with Crippen molar-refractivity contribution in [3.8, 4) is 11.8 Å². The van der Waals surface area contributed by atoms with Gasteiger partial charge in [-0.25, -0.2) is 13.4 Å². The second-order valence-electron chi connectivity index (χ2n) is 4.07. The highest BCUT2D eigenvalue weighted by Crippen LogP contribution is 2.23. The first-order chi connectivity index (χ1) is 9.44. The highest BCUT2D eigenvalue weighted by molar-refractivity contribution is 7.92. The number of pyridine rings is 1. The summed E-state index contributed by atoms with van der Waals surface area (Å²) in [6, 6.07) is 8.86. The van der Waals surface area contributed by atoms with E-state index < -0.39 is 10.0 Å². The number of aryl methyl sites for hydroxylation is 1. The molecule has 0 aliphatic heterocycles. The van der Waals surface area contributed by atoms with Gasteiger partial charge in [0.15, 0.2) is 5.69 Å². The molecule has 0 saturated carbocycles. The van der Waals surface area contributed by atoms with Crippen LogP contribution in [0.1, 0.15) is 11.3 Å². The fourth-order valence-electron chi connectivity index (χ4n) is 1.57. The van der Waals surface area contributed by atoms with E-state index in [1.54, 1.807) is 19.1 Å². The van der Waals surface area contributed by atoms with Crippen molar-refractivity contribution >= 4 is 15.7 Å². The first-order valence-corrected chi connectivity index (χ1v) is 7.10. The highest BCUT2D eigenvalue weighted by Gasteiger charge is 2.19. The van der Waals surface area contributed by atoms with Crippen LogP contribution < -0.4 is 4.72 Å². The van der Waals surface area contributed by atoms with Crippen LogP contribution in [0, 0.1) is 18.3 Å². The zero-order valence-electron chi connectivity index (χ0n) is 10.5. The van der Waals surface area contributed by atoms with Gasteiger partial charge in [0, 0.05) is 12.3 Å². The van der Waals surface area contributed by atoms with Gasteiger partial charge in [-0.2, -0.15) is 5.26 Å². The Hall–Kier alpha value is -2.59. The molecule has 20 heavy (non-hydrogen) atoms. The molecular weight excluding hydrogens is 278 g/mol. The predicted molar refractivity (Wildman–Crippen MR) is 72.6 cm³/mol. The number of rotatable bonds is 3. The molecule has 2 rings (SSSR count). The zero-order valence-corrected chi connectivity index (χ0v) is 11.3. The molecule has 2 aromatic rings. The molecule has 7 heteroatoms. The summed E-state index contributed by atoms with van der Waals surface area (Å²) in [5, 5.41) is 18.5. The average molecular weight is 289 g/mol. The van der Waals surface area contributed by atoms with Crippen molar-refractivity contribution in [2.24, 2.45) is 0 Å². The molecule has 0 amide bonds. The topological polar surface area (TPSA) is 103 Å². The van der Waals surface area contributed by atoms with Gasteiger partial charge in [-0.3, -0.25) is 4.72 Å². The zero-order chi connectivity index (χ0) is 14.8. The Morgan fingerprint density at radius 3 is 2.75 bits per heavy atom. The summed E-state index contributed by atoms with van der Waals surface area (Å²) in [5.74, 6) is -0.0168. The smallest absolute Gasteiger partial charge is 0.264 e. The minimum Gasteiger partial charge on any atom is -0.508 e. The Morgan fingerprint density at radius 1 is 1.35 bits per heavy atom. The van der Waals surface area contributed by atoms with E-state index in [9.17, 15) is 13.5 Å². The maximum absolute atomic E-state index is 12.2. The Labute approximate surface area is 116 Å². The molecule has 2 N–H and O–H groups in total. The van der Waals surface area contributed by atoms with Gasteiger partial charge in [0.1, 0.15) is 16.7 Å². The van der Waals surface area contributed by atoms with Crippen molar-refractivity contribution in [2.75, 3.05) is 4.72 Å². The molecule has 0 aliphatic carbocycles. The van der Waals surface area contributed by atoms with Gasteiger partial charge in [0.05, 0.1) is 5.69 Å². The van der Waals surface area contributed by atoms with Crippen LogP contribution in [0.3, 0.4) is 0 Å². The van der Waals surface area contributed by atoms with Crippen LogP contribution >= 0.6 is 0 Å². The standard InChI is InChI=1S/C13H11N3O3S/c1-9-4-5-10(7-12(9)17)16-20(18,19)13-3-2-6-15-11(13)8-14/h2-7,16-17H,1H3. The summed E-state index contributed by atoms with van der Waals surface area (Å²) in [4.78, 5) is 3.50. The fourth-order valence-corrected chi connectivity index (χ4v) is 2.73. The first kappa shape index (κ1) is 13.8. The van der Waals surface area contributed by atoms with E-state index in [0.29, 0.717) is 5.56 Å². The van der Waals surface area contributed by atoms with Gasteiger partial charge in [-0.05, 0) is 30.7 Å². The number of aromatic nitrogens is 1. The number of aromatic hydroxyl groups is 1. The van der Waals surface area contributed by atoms with E-state index in [1.807, 2.05) is 0 Å². The van der Waals surface area contributed by atoms with E-state index in [0.717, 1.165) is 0 Å². The summed E-state index contributed by atoms with van der Waals surface area (Å²) >= 11 is 0. The normalized spacial score (nSPS) is 10.8. The monoisotopic (exact) mass is 289 g/mol. The lowest BCUT2D eigenvalue weighted by atomic mass is 10.2. The molecule has 0 radical (unpaired) electrons. The van der Waals surface area contributed by atoms with Gasteiger partial charge in [-0.1, -0.05) is 6.07 Å². The number of nitrogens with one attached hydrogen (secondary N) is 1. The fraction of sp³-hybridized carbons (Fsp3) is 0.0769. The quantitative estimate of drug-likeness (QED) is 0.896. The molecule has 6 nitrogen and oxygen atoms in total. The summed E-state index contributed by atoms with van der Waals surface area (Å²) in [5.41, 5.74) is 0.657. The van der Waals surface area contributed by atoms with Gasteiger partial charge in [-0.15, -0.1) is 0 Å². The molecule has 1 aromatic carbocycles. The van der Waals surface area contributed by atoms with Crippen LogP contribution in [0.4, 0.5) is 5.69 Å². The Balaban J connectivity index is 2.41. The third-order valence-electron chi connectivity index (χ3n) is 2.63. The van der Waals surface area contributed by atoms with Crippen molar-refractivity contribution in [1.82, 2.24) is 4.98 Å². The van der Waals surface area contributed by atoms with Crippen LogP contribution in [0.15, 0.2) is 41.4 Å². The van der Waals surface area contributed by atoms with Gasteiger partial charge in [0.25, 0.3) is 10.0 Å². The maximum atomic E-state index is 12.2. The molecule has 102 valence electrons. The highest BCUT2D eigenvalue weighted by atomic mass is 32.2. The molecular formula is C13H11N3O3S. The largest absolute Gasteiger partial charge is 0.508 e. The minimum atomic E-state index is -3.93. The van der Waals surface area contributed by atoms with Gasteiger partial charge < -0.3 is 5.11 Å². The molecule has 0 spiro atoms. The Kier molecular flexibility index (Phi) is 3.59. The molecule has 0 bridgehead atoms. The van der Waals surface area contributed by atoms with E-state index in [2.05, 4.69) is 9.71 Å². The van der Waals surface area contributed by atoms with Crippen LogP contribution in [-0.2, 0) is 10.0 Å². The lowest BCUT2D eigenvalue weighted by Gasteiger charge is -2.09. The number of sulfonamides is 1. The number of nitriles is 1. The lowest BCUT2D eigenvalue weighted by Crippen LogP contribution is -2.15. The number of hydrogen-bond acceptors (Lipinski definition) is 5. The number of anilines is 1. The van der Waals surface area contributed by atoms with Gasteiger partial charge in [0.2, 0.25) is 0 Å². The van der Waals surface area contributed by atoms with Crippen LogP contribution in [-0.4, -0.2) is 18.5 Å². The third-order valence-corrected chi connectivity index (χ3v) is 4.04. The molecule has 0 unspecified atom stereocenters. The van der Waals surface area contributed by atoms with E-state index >= 15 is 0 Å². The average Bonchev–Trinajstić information content (AvgIpc) is 2.42. The SMILES string of the molecule is Cc1ccc(NS(=O)(=O)c2cccnc2C#N)cc1O. The summed E-state index contributed by atoms with van der Waals surface area (Å²) in [6.45, 7) is 1.70. The first-order valence-electron chi connectivity index (χ1n) is 5.61. The maximum Gasteiger partial charge on any atom is 0.264 e.